The molecule has 3 aliphatic rings. The zero-order valence-electron chi connectivity index (χ0n) is 13.4. The molecule has 0 amide bonds. The molecule has 3 aliphatic heterocycles. The SMILES string of the molecule is Cn1nc(C(=O)O)cc1-c1ccc2[nH]c3c(c2c1)C1CCN3CC1. The number of hydrogen-bond acceptors (Lipinski definition) is 3. The van der Waals surface area contributed by atoms with Gasteiger partial charge in [-0.05, 0) is 37.0 Å². The summed E-state index contributed by atoms with van der Waals surface area (Å²) in [6.45, 7) is 2.28. The summed E-state index contributed by atoms with van der Waals surface area (Å²) >= 11 is 0. The maximum Gasteiger partial charge on any atom is 0.356 e. The van der Waals surface area contributed by atoms with E-state index in [0.717, 1.165) is 29.9 Å². The van der Waals surface area contributed by atoms with Gasteiger partial charge in [0.25, 0.3) is 0 Å². The number of carboxylic acid groups (broad SMARTS) is 1. The highest BCUT2D eigenvalue weighted by molar-refractivity contribution is 5.94. The lowest BCUT2D eigenvalue weighted by Crippen LogP contribution is -2.38. The number of aromatic amines is 1. The van der Waals surface area contributed by atoms with Crippen LogP contribution >= 0.6 is 0 Å². The summed E-state index contributed by atoms with van der Waals surface area (Å²) in [7, 11) is 1.78. The number of aromatic carboxylic acids is 1. The summed E-state index contributed by atoms with van der Waals surface area (Å²) < 4.78 is 1.64. The predicted molar refractivity (Wildman–Crippen MR) is 91.6 cm³/mol. The smallest absolute Gasteiger partial charge is 0.356 e. The molecule has 0 radical (unpaired) electrons. The van der Waals surface area contributed by atoms with Gasteiger partial charge in [-0.3, -0.25) is 4.68 Å². The largest absolute Gasteiger partial charge is 0.476 e. The molecular formula is C18H18N4O2. The van der Waals surface area contributed by atoms with Crippen molar-refractivity contribution < 1.29 is 9.90 Å². The van der Waals surface area contributed by atoms with Crippen LogP contribution in [0.15, 0.2) is 24.3 Å². The molecule has 0 saturated carbocycles. The zero-order valence-corrected chi connectivity index (χ0v) is 13.4. The highest BCUT2D eigenvalue weighted by Gasteiger charge is 2.33. The number of hydrogen-bond donors (Lipinski definition) is 2. The number of aryl methyl sites for hydroxylation is 1. The molecule has 0 unspecified atom stereocenters. The second-order valence-corrected chi connectivity index (χ2v) is 6.75. The number of rotatable bonds is 2. The molecule has 5 heterocycles. The van der Waals surface area contributed by atoms with Crippen molar-refractivity contribution in [2.75, 3.05) is 18.0 Å². The van der Waals surface area contributed by atoms with Crippen molar-refractivity contribution in [2.24, 2.45) is 7.05 Å². The lowest BCUT2D eigenvalue weighted by Gasteiger charge is -2.40. The summed E-state index contributed by atoms with van der Waals surface area (Å²) in [5.74, 6) is 0.915. The van der Waals surface area contributed by atoms with Crippen LogP contribution in [0.5, 0.6) is 0 Å². The van der Waals surface area contributed by atoms with Crippen molar-refractivity contribution in [1.82, 2.24) is 14.8 Å². The topological polar surface area (TPSA) is 74.1 Å². The average molecular weight is 322 g/mol. The van der Waals surface area contributed by atoms with Gasteiger partial charge < -0.3 is 15.0 Å². The molecule has 2 aromatic heterocycles. The molecule has 0 atom stereocenters. The van der Waals surface area contributed by atoms with E-state index in [1.54, 1.807) is 17.8 Å². The predicted octanol–water partition coefficient (Wildman–Crippen LogP) is 2.96. The third-order valence-electron chi connectivity index (χ3n) is 5.43. The Morgan fingerprint density at radius 3 is 2.79 bits per heavy atom. The van der Waals surface area contributed by atoms with Crippen LogP contribution in [0.2, 0.25) is 0 Å². The molecule has 2 N–H and O–H groups in total. The van der Waals surface area contributed by atoms with Gasteiger partial charge in [0.2, 0.25) is 0 Å². The average Bonchev–Trinajstić information content (AvgIpc) is 3.17. The highest BCUT2D eigenvalue weighted by atomic mass is 16.4. The van der Waals surface area contributed by atoms with Crippen LogP contribution in [-0.4, -0.2) is 38.9 Å². The molecule has 1 aromatic carbocycles. The monoisotopic (exact) mass is 322 g/mol. The van der Waals surface area contributed by atoms with Gasteiger partial charge in [-0.15, -0.1) is 0 Å². The van der Waals surface area contributed by atoms with Gasteiger partial charge in [0.05, 0.1) is 5.69 Å². The van der Waals surface area contributed by atoms with E-state index in [2.05, 4.69) is 27.1 Å². The Kier molecular flexibility index (Phi) is 2.63. The molecule has 122 valence electrons. The third kappa shape index (κ3) is 1.76. The van der Waals surface area contributed by atoms with E-state index in [9.17, 15) is 4.79 Å². The Labute approximate surface area is 138 Å². The van der Waals surface area contributed by atoms with E-state index in [-0.39, 0.29) is 5.69 Å². The molecule has 6 nitrogen and oxygen atoms in total. The van der Waals surface area contributed by atoms with Crippen LogP contribution in [0.25, 0.3) is 22.2 Å². The van der Waals surface area contributed by atoms with Gasteiger partial charge in [-0.2, -0.15) is 5.10 Å². The van der Waals surface area contributed by atoms with Crippen LogP contribution in [0, 0.1) is 0 Å². The van der Waals surface area contributed by atoms with E-state index in [0.29, 0.717) is 5.92 Å². The van der Waals surface area contributed by atoms with Crippen molar-refractivity contribution in [3.8, 4) is 11.3 Å². The lowest BCUT2D eigenvalue weighted by molar-refractivity contribution is 0.0689. The van der Waals surface area contributed by atoms with Gasteiger partial charge in [-0.1, -0.05) is 6.07 Å². The van der Waals surface area contributed by atoms with E-state index in [4.69, 9.17) is 5.11 Å². The van der Waals surface area contributed by atoms with E-state index in [1.807, 2.05) is 6.07 Å². The molecule has 0 spiro atoms. The maximum absolute atomic E-state index is 11.2. The fraction of sp³-hybridized carbons (Fsp3) is 0.333. The number of benzene rings is 1. The normalized spacial score (nSPS) is 16.8. The van der Waals surface area contributed by atoms with Crippen molar-refractivity contribution in [3.05, 3.63) is 35.5 Å². The number of nitrogens with one attached hydrogen (secondary N) is 1. The Bertz CT molecular complexity index is 976. The maximum atomic E-state index is 11.2. The summed E-state index contributed by atoms with van der Waals surface area (Å²) in [4.78, 5) is 17.2. The molecule has 1 fully saturated rings. The molecule has 1 saturated heterocycles. The van der Waals surface area contributed by atoms with Crippen LogP contribution in [0.3, 0.4) is 0 Å². The van der Waals surface area contributed by atoms with E-state index < -0.39 is 5.97 Å². The Morgan fingerprint density at radius 2 is 2.08 bits per heavy atom. The minimum Gasteiger partial charge on any atom is -0.476 e. The number of anilines is 1. The minimum absolute atomic E-state index is 0.0777. The minimum atomic E-state index is -0.998. The Hall–Kier alpha value is -2.76. The number of fused-ring (bicyclic) bond motifs is 3. The number of H-pyrrole nitrogens is 1. The molecule has 0 aliphatic carbocycles. The summed E-state index contributed by atoms with van der Waals surface area (Å²) in [5, 5.41) is 14.5. The van der Waals surface area contributed by atoms with Crippen molar-refractivity contribution >= 4 is 22.7 Å². The van der Waals surface area contributed by atoms with E-state index in [1.165, 1.54) is 29.6 Å². The molecule has 24 heavy (non-hydrogen) atoms. The van der Waals surface area contributed by atoms with Crippen molar-refractivity contribution in [2.45, 2.75) is 18.8 Å². The van der Waals surface area contributed by atoms with Gasteiger partial charge in [0.1, 0.15) is 5.82 Å². The van der Waals surface area contributed by atoms with Gasteiger partial charge in [0, 0.05) is 42.2 Å². The number of piperidine rings is 1. The number of nitrogens with zero attached hydrogens (tertiary/aromatic N) is 3. The van der Waals surface area contributed by atoms with E-state index >= 15 is 0 Å². The van der Waals surface area contributed by atoms with Crippen molar-refractivity contribution in [1.29, 1.82) is 0 Å². The number of carboxylic acids is 1. The number of aromatic nitrogens is 3. The molecule has 6 rings (SSSR count). The van der Waals surface area contributed by atoms with Gasteiger partial charge in [-0.25, -0.2) is 4.79 Å². The number of carbonyl (C=O) groups is 1. The standard InChI is InChI=1S/C18H18N4O2/c1-21-15(9-14(20-21)18(23)24)11-2-3-13-12(8-11)16-10-4-6-22(7-5-10)17(16)19-13/h2-3,8-10,19H,4-7H2,1H3,(H,23,24). The van der Waals surface area contributed by atoms with Crippen LogP contribution in [-0.2, 0) is 7.05 Å². The third-order valence-corrected chi connectivity index (χ3v) is 5.43. The zero-order chi connectivity index (χ0) is 16.4. The molecule has 3 aromatic rings. The van der Waals surface area contributed by atoms with Gasteiger partial charge in [0.15, 0.2) is 5.69 Å². The fourth-order valence-electron chi connectivity index (χ4n) is 4.25. The summed E-state index contributed by atoms with van der Waals surface area (Å²) in [6.07, 6.45) is 2.44. The molecule has 2 bridgehead atoms. The van der Waals surface area contributed by atoms with Gasteiger partial charge >= 0.3 is 5.97 Å². The molecule has 6 heteroatoms. The van der Waals surface area contributed by atoms with Crippen LogP contribution in [0.4, 0.5) is 5.82 Å². The lowest BCUT2D eigenvalue weighted by atomic mass is 9.84. The summed E-state index contributed by atoms with van der Waals surface area (Å²) in [5.41, 5.74) is 4.50. The second-order valence-electron chi connectivity index (χ2n) is 6.75. The quantitative estimate of drug-likeness (QED) is 0.761. The first-order chi connectivity index (χ1) is 11.6. The second kappa shape index (κ2) is 4.63. The van der Waals surface area contributed by atoms with Crippen molar-refractivity contribution in [3.63, 3.8) is 0 Å². The Balaban J connectivity index is 1.69. The first kappa shape index (κ1) is 13.7. The first-order valence-corrected chi connectivity index (χ1v) is 8.30. The molecular weight excluding hydrogens is 304 g/mol. The fourth-order valence-corrected chi connectivity index (χ4v) is 4.25. The van der Waals surface area contributed by atoms with Crippen LogP contribution in [0.1, 0.15) is 34.8 Å². The summed E-state index contributed by atoms with van der Waals surface area (Å²) in [6, 6.07) is 7.94. The Morgan fingerprint density at radius 1 is 1.29 bits per heavy atom. The first-order valence-electron chi connectivity index (χ1n) is 8.30. The highest BCUT2D eigenvalue weighted by Crippen LogP contribution is 2.46. The van der Waals surface area contributed by atoms with Crippen LogP contribution < -0.4 is 4.90 Å².